The molecule has 0 bridgehead atoms. The minimum Gasteiger partial charge on any atom is -0.504 e. The second-order valence-corrected chi connectivity index (χ2v) is 2.64. The Bertz CT molecular complexity index is 41.8. The van der Waals surface area contributed by atoms with Crippen LogP contribution in [-0.4, -0.2) is 6.85 Å². The van der Waals surface area contributed by atoms with Crippen LogP contribution in [0.3, 0.4) is 0 Å². The van der Waals surface area contributed by atoms with E-state index >= 15 is 0 Å². The molecule has 2 N–H and O–H groups in total. The van der Waals surface area contributed by atoms with Gasteiger partial charge in [0.2, 0.25) is 0 Å². The Morgan fingerprint density at radius 1 is 1.12 bits per heavy atom. The van der Waals surface area contributed by atoms with Crippen LogP contribution in [0.5, 0.6) is 0 Å². The molecule has 0 heterocycles. The highest BCUT2D eigenvalue weighted by molar-refractivity contribution is 6.55. The van der Waals surface area contributed by atoms with Crippen LogP contribution >= 0.6 is 0 Å². The zero-order chi connectivity index (χ0) is 6.41. The molecule has 0 radical (unpaired) electrons. The standard InChI is InChI=1S/C6H17BN/c1-3-5-7(8)6-4-2/h7H,3-6,8H2,1-2H3/q-1. The van der Waals surface area contributed by atoms with Crippen molar-refractivity contribution in [1.82, 2.24) is 0 Å². The molecule has 0 atom stereocenters. The van der Waals surface area contributed by atoms with Crippen molar-refractivity contribution in [3.8, 4) is 0 Å². The summed E-state index contributed by atoms with van der Waals surface area (Å²) in [6, 6.07) is 0. The van der Waals surface area contributed by atoms with Gasteiger partial charge in [-0.05, 0) is 0 Å². The highest BCUT2D eigenvalue weighted by Crippen LogP contribution is 1.98. The molecule has 0 saturated carbocycles. The van der Waals surface area contributed by atoms with Gasteiger partial charge in [0.05, 0.1) is 0 Å². The summed E-state index contributed by atoms with van der Waals surface area (Å²) in [6.45, 7) is 4.16. The van der Waals surface area contributed by atoms with Gasteiger partial charge < -0.3 is 5.64 Å². The van der Waals surface area contributed by atoms with Crippen molar-refractivity contribution < 1.29 is 0 Å². The minimum absolute atomic E-state index is 0.236. The summed E-state index contributed by atoms with van der Waals surface area (Å²) in [7, 11) is 0. The summed E-state index contributed by atoms with van der Waals surface area (Å²) in [5.74, 6) is 0. The molecular formula is C6H17BN-. The van der Waals surface area contributed by atoms with E-state index in [0.717, 1.165) is 0 Å². The molecule has 1 nitrogen and oxygen atoms in total. The maximum atomic E-state index is 5.78. The van der Waals surface area contributed by atoms with Crippen molar-refractivity contribution in [3.63, 3.8) is 0 Å². The lowest BCUT2D eigenvalue weighted by Gasteiger charge is -2.12. The van der Waals surface area contributed by atoms with Gasteiger partial charge >= 0.3 is 0 Å². The fourth-order valence-corrected chi connectivity index (χ4v) is 1.09. The molecule has 0 unspecified atom stereocenters. The summed E-state index contributed by atoms with van der Waals surface area (Å²) in [5, 5.41) is 0. The smallest absolute Gasteiger partial charge is 0.0407 e. The third-order valence-electron chi connectivity index (χ3n) is 1.62. The summed E-state index contributed by atoms with van der Waals surface area (Å²) in [4.78, 5) is 0. The van der Waals surface area contributed by atoms with Crippen LogP contribution in [-0.2, 0) is 0 Å². The van der Waals surface area contributed by atoms with Crippen molar-refractivity contribution in [2.45, 2.75) is 39.3 Å². The number of hydrogen-bond acceptors (Lipinski definition) is 1. The average molecular weight is 114 g/mol. The van der Waals surface area contributed by atoms with E-state index in [1.807, 2.05) is 0 Å². The van der Waals surface area contributed by atoms with E-state index in [1.165, 1.54) is 25.5 Å². The van der Waals surface area contributed by atoms with Crippen LogP contribution in [0, 0.1) is 0 Å². The highest BCUT2D eigenvalue weighted by Gasteiger charge is 1.90. The topological polar surface area (TPSA) is 26.0 Å². The SMILES string of the molecule is CCC[BH-](N)CCC. The molecule has 0 aliphatic rings. The van der Waals surface area contributed by atoms with Crippen LogP contribution in [0.4, 0.5) is 0 Å². The molecule has 50 valence electrons. The van der Waals surface area contributed by atoms with Gasteiger partial charge in [-0.25, -0.2) is 0 Å². The van der Waals surface area contributed by atoms with Crippen molar-refractivity contribution >= 4 is 6.85 Å². The molecule has 0 aliphatic heterocycles. The molecular weight excluding hydrogens is 96.9 g/mol. The molecule has 0 saturated heterocycles. The second kappa shape index (κ2) is 5.17. The van der Waals surface area contributed by atoms with Crippen LogP contribution in [0.2, 0.25) is 12.6 Å². The molecule has 0 aromatic heterocycles. The quantitative estimate of drug-likeness (QED) is 0.550. The summed E-state index contributed by atoms with van der Waals surface area (Å²) in [5.41, 5.74) is 5.78. The van der Waals surface area contributed by atoms with E-state index in [1.54, 1.807) is 0 Å². The van der Waals surface area contributed by atoms with Gasteiger partial charge in [0.25, 0.3) is 0 Å². The number of nitrogens with two attached hydrogens (primary N) is 1. The van der Waals surface area contributed by atoms with E-state index in [0.29, 0.717) is 0 Å². The van der Waals surface area contributed by atoms with E-state index in [4.69, 9.17) is 5.64 Å². The second-order valence-electron chi connectivity index (χ2n) is 2.64. The Morgan fingerprint density at radius 2 is 1.50 bits per heavy atom. The summed E-state index contributed by atoms with van der Waals surface area (Å²) < 4.78 is 0. The number of hydrogen-bond donors (Lipinski definition) is 1. The fraction of sp³-hybridized carbons (Fsp3) is 1.00. The molecule has 0 aromatic carbocycles. The molecule has 0 spiro atoms. The molecule has 2 heteroatoms. The van der Waals surface area contributed by atoms with Gasteiger partial charge in [0.15, 0.2) is 0 Å². The highest BCUT2D eigenvalue weighted by atomic mass is 14.4. The fourth-order valence-electron chi connectivity index (χ4n) is 1.09. The van der Waals surface area contributed by atoms with Gasteiger partial charge in [-0.1, -0.05) is 26.7 Å². The third kappa shape index (κ3) is 4.19. The third-order valence-corrected chi connectivity index (χ3v) is 1.62. The zero-order valence-corrected chi connectivity index (χ0v) is 6.11. The van der Waals surface area contributed by atoms with Crippen LogP contribution in [0.1, 0.15) is 26.7 Å². The van der Waals surface area contributed by atoms with Gasteiger partial charge in [0, 0.05) is 6.85 Å². The van der Waals surface area contributed by atoms with Crippen LogP contribution < -0.4 is 5.64 Å². The Balaban J connectivity index is 2.92. The van der Waals surface area contributed by atoms with Gasteiger partial charge in [-0.3, -0.25) is 0 Å². The first-order valence-corrected chi connectivity index (χ1v) is 3.82. The summed E-state index contributed by atoms with van der Waals surface area (Å²) in [6.07, 6.45) is 5.06. The first-order chi connectivity index (χ1) is 3.81. The largest absolute Gasteiger partial charge is 0.504 e. The monoisotopic (exact) mass is 114 g/mol. The zero-order valence-electron chi connectivity index (χ0n) is 6.11. The first kappa shape index (κ1) is 8.02. The van der Waals surface area contributed by atoms with E-state index < -0.39 is 0 Å². The molecule has 0 aromatic rings. The van der Waals surface area contributed by atoms with E-state index in [-0.39, 0.29) is 6.85 Å². The first-order valence-electron chi connectivity index (χ1n) is 3.82. The predicted octanol–water partition coefficient (Wildman–Crippen LogP) is 1.49. The van der Waals surface area contributed by atoms with Crippen molar-refractivity contribution in [1.29, 1.82) is 0 Å². The lowest BCUT2D eigenvalue weighted by Crippen LogP contribution is -2.23. The van der Waals surface area contributed by atoms with Crippen LogP contribution in [0.15, 0.2) is 0 Å². The molecule has 0 fully saturated rings. The predicted molar refractivity (Wildman–Crippen MR) is 41.5 cm³/mol. The van der Waals surface area contributed by atoms with Crippen molar-refractivity contribution in [3.05, 3.63) is 0 Å². The maximum absolute atomic E-state index is 5.78. The van der Waals surface area contributed by atoms with Gasteiger partial charge in [0.1, 0.15) is 0 Å². The molecule has 8 heavy (non-hydrogen) atoms. The van der Waals surface area contributed by atoms with Gasteiger partial charge in [-0.2, -0.15) is 12.6 Å². The Kier molecular flexibility index (Phi) is 5.18. The normalized spacial score (nSPS) is 10.5. The van der Waals surface area contributed by atoms with Crippen molar-refractivity contribution in [2.75, 3.05) is 0 Å². The van der Waals surface area contributed by atoms with E-state index in [9.17, 15) is 0 Å². The van der Waals surface area contributed by atoms with Crippen LogP contribution in [0.25, 0.3) is 0 Å². The maximum Gasteiger partial charge on any atom is 0.0407 e. The number of rotatable bonds is 4. The minimum atomic E-state index is -0.236. The molecule has 0 amide bonds. The Hall–Kier alpha value is 0.0249. The summed E-state index contributed by atoms with van der Waals surface area (Å²) >= 11 is 0. The average Bonchev–Trinajstić information content (AvgIpc) is 1.68. The van der Waals surface area contributed by atoms with E-state index in [2.05, 4.69) is 13.8 Å². The lowest BCUT2D eigenvalue weighted by atomic mass is 9.57. The molecule has 0 rings (SSSR count). The van der Waals surface area contributed by atoms with Gasteiger partial charge in [-0.15, -0.1) is 0 Å². The lowest BCUT2D eigenvalue weighted by molar-refractivity contribution is 0.999. The van der Waals surface area contributed by atoms with Crippen molar-refractivity contribution in [2.24, 2.45) is 5.64 Å². The Labute approximate surface area is 52.7 Å². The molecule has 0 aliphatic carbocycles. The Morgan fingerprint density at radius 3 is 1.75 bits per heavy atom.